The minimum Gasteiger partial charge on any atom is -0.327 e. The number of fused-ring (bicyclic) bond motifs is 2. The molecule has 5 atom stereocenters. The Morgan fingerprint density at radius 3 is 2.65 bits per heavy atom. The van der Waals surface area contributed by atoms with Gasteiger partial charge in [0.05, 0.1) is 0 Å². The van der Waals surface area contributed by atoms with E-state index in [9.17, 15) is 0 Å². The van der Waals surface area contributed by atoms with Crippen molar-refractivity contribution in [2.24, 2.45) is 23.5 Å². The summed E-state index contributed by atoms with van der Waals surface area (Å²) in [4.78, 5) is 2.42. The molecule has 0 heterocycles. The van der Waals surface area contributed by atoms with E-state index in [1.807, 2.05) is 12.1 Å². The summed E-state index contributed by atoms with van der Waals surface area (Å²) >= 11 is 6.32. The maximum absolute atomic E-state index is 6.43. The molecule has 5 unspecified atom stereocenters. The van der Waals surface area contributed by atoms with E-state index >= 15 is 0 Å². The lowest BCUT2D eigenvalue weighted by atomic mass is 9.84. The molecular formula is C17H25ClN2. The zero-order valence-electron chi connectivity index (χ0n) is 12.4. The van der Waals surface area contributed by atoms with Crippen molar-refractivity contribution < 1.29 is 0 Å². The molecular weight excluding hydrogens is 268 g/mol. The maximum Gasteiger partial charge on any atom is 0.0453 e. The summed E-state index contributed by atoms with van der Waals surface area (Å²) in [6.07, 6.45) is 4.10. The first-order valence-corrected chi connectivity index (χ1v) is 8.16. The van der Waals surface area contributed by atoms with Crippen LogP contribution in [0.4, 0.5) is 0 Å². The standard InChI is InChI=1S/C17H25ClN2/c1-11(14-5-3-4-6-16(14)18)20(2)10-15-12-7-8-13(9-12)17(15)19/h3-6,11-13,15,17H,7-10,19H2,1-2H3. The Hall–Kier alpha value is -0.570. The number of nitrogens with zero attached hydrogens (tertiary/aromatic N) is 1. The second-order valence-electron chi connectivity index (χ2n) is 6.71. The number of halogens is 1. The molecule has 0 aliphatic heterocycles. The van der Waals surface area contributed by atoms with Crippen LogP contribution in [0.15, 0.2) is 24.3 Å². The van der Waals surface area contributed by atoms with E-state index in [0.717, 1.165) is 23.4 Å². The minimum atomic E-state index is 0.343. The molecule has 110 valence electrons. The van der Waals surface area contributed by atoms with Crippen molar-refractivity contribution in [3.63, 3.8) is 0 Å². The van der Waals surface area contributed by atoms with E-state index < -0.39 is 0 Å². The normalized spacial score (nSPS) is 33.9. The van der Waals surface area contributed by atoms with Gasteiger partial charge in [-0.15, -0.1) is 0 Å². The molecule has 3 heteroatoms. The van der Waals surface area contributed by atoms with Crippen LogP contribution >= 0.6 is 11.6 Å². The van der Waals surface area contributed by atoms with Crippen LogP contribution in [0.1, 0.15) is 37.8 Å². The van der Waals surface area contributed by atoms with Gasteiger partial charge in [0.1, 0.15) is 0 Å². The van der Waals surface area contributed by atoms with Gasteiger partial charge in [0.2, 0.25) is 0 Å². The van der Waals surface area contributed by atoms with Crippen LogP contribution in [0, 0.1) is 17.8 Å². The van der Waals surface area contributed by atoms with Crippen molar-refractivity contribution in [2.45, 2.75) is 38.3 Å². The third kappa shape index (κ3) is 2.49. The summed E-state index contributed by atoms with van der Waals surface area (Å²) < 4.78 is 0. The molecule has 2 N–H and O–H groups in total. The largest absolute Gasteiger partial charge is 0.327 e. The predicted molar refractivity (Wildman–Crippen MR) is 84.8 cm³/mol. The lowest BCUT2D eigenvalue weighted by Crippen LogP contribution is -2.42. The van der Waals surface area contributed by atoms with E-state index in [0.29, 0.717) is 18.0 Å². The van der Waals surface area contributed by atoms with Gasteiger partial charge in [0.15, 0.2) is 0 Å². The molecule has 0 aromatic heterocycles. The third-order valence-corrected chi connectivity index (χ3v) is 6.02. The van der Waals surface area contributed by atoms with Gasteiger partial charge >= 0.3 is 0 Å². The lowest BCUT2D eigenvalue weighted by molar-refractivity contribution is 0.167. The van der Waals surface area contributed by atoms with Gasteiger partial charge in [-0.2, -0.15) is 0 Å². The van der Waals surface area contributed by atoms with E-state index in [-0.39, 0.29) is 0 Å². The van der Waals surface area contributed by atoms with Crippen LogP contribution in [0.5, 0.6) is 0 Å². The molecule has 20 heavy (non-hydrogen) atoms. The van der Waals surface area contributed by atoms with Gasteiger partial charge in [-0.05, 0) is 62.6 Å². The van der Waals surface area contributed by atoms with Crippen molar-refractivity contribution in [3.8, 4) is 0 Å². The Balaban J connectivity index is 1.67. The zero-order chi connectivity index (χ0) is 14.3. The summed E-state index contributed by atoms with van der Waals surface area (Å²) in [5.41, 5.74) is 7.64. The fourth-order valence-electron chi connectivity index (χ4n) is 4.27. The van der Waals surface area contributed by atoms with Gasteiger partial charge < -0.3 is 5.73 Å². The highest BCUT2D eigenvalue weighted by Gasteiger charge is 2.46. The fourth-order valence-corrected chi connectivity index (χ4v) is 4.56. The van der Waals surface area contributed by atoms with Crippen molar-refractivity contribution >= 4 is 11.6 Å². The summed E-state index contributed by atoms with van der Waals surface area (Å²) in [6.45, 7) is 3.33. The highest BCUT2D eigenvalue weighted by atomic mass is 35.5. The first-order chi connectivity index (χ1) is 9.58. The number of benzene rings is 1. The van der Waals surface area contributed by atoms with E-state index in [4.69, 9.17) is 17.3 Å². The molecule has 2 bridgehead atoms. The maximum atomic E-state index is 6.43. The van der Waals surface area contributed by atoms with E-state index in [1.165, 1.54) is 24.8 Å². The summed E-state index contributed by atoms with van der Waals surface area (Å²) in [5.74, 6) is 2.31. The molecule has 1 aromatic carbocycles. The molecule has 0 saturated heterocycles. The molecule has 2 saturated carbocycles. The molecule has 2 nitrogen and oxygen atoms in total. The second-order valence-corrected chi connectivity index (χ2v) is 7.12. The Labute approximate surface area is 127 Å². The van der Waals surface area contributed by atoms with Crippen LogP contribution in [0.25, 0.3) is 0 Å². The van der Waals surface area contributed by atoms with Crippen LogP contribution in [-0.2, 0) is 0 Å². The average molecular weight is 293 g/mol. The monoisotopic (exact) mass is 292 g/mol. The third-order valence-electron chi connectivity index (χ3n) is 5.67. The van der Waals surface area contributed by atoms with Crippen molar-refractivity contribution in [3.05, 3.63) is 34.9 Å². The lowest BCUT2D eigenvalue weighted by Gasteiger charge is -2.34. The van der Waals surface area contributed by atoms with Crippen molar-refractivity contribution in [1.29, 1.82) is 0 Å². The molecule has 1 aromatic rings. The molecule has 2 aliphatic carbocycles. The Kier molecular flexibility index (Phi) is 4.07. The van der Waals surface area contributed by atoms with Crippen molar-refractivity contribution in [2.75, 3.05) is 13.6 Å². The molecule has 0 amide bonds. The highest BCUT2D eigenvalue weighted by molar-refractivity contribution is 6.31. The Morgan fingerprint density at radius 1 is 1.30 bits per heavy atom. The minimum absolute atomic E-state index is 0.343. The van der Waals surface area contributed by atoms with Crippen LogP contribution in [0.3, 0.4) is 0 Å². The first-order valence-electron chi connectivity index (χ1n) is 7.78. The number of hydrogen-bond donors (Lipinski definition) is 1. The van der Waals surface area contributed by atoms with Gasteiger partial charge in [-0.3, -0.25) is 4.90 Å². The quantitative estimate of drug-likeness (QED) is 0.917. The first kappa shape index (κ1) is 14.4. The zero-order valence-corrected chi connectivity index (χ0v) is 13.2. The van der Waals surface area contributed by atoms with Crippen LogP contribution in [-0.4, -0.2) is 24.5 Å². The molecule has 0 radical (unpaired) electrons. The topological polar surface area (TPSA) is 29.3 Å². The Bertz CT molecular complexity index is 474. The van der Waals surface area contributed by atoms with E-state index in [1.54, 1.807) is 0 Å². The summed E-state index contributed by atoms with van der Waals surface area (Å²) in [7, 11) is 2.20. The molecule has 0 spiro atoms. The summed E-state index contributed by atoms with van der Waals surface area (Å²) in [5, 5.41) is 0.865. The Morgan fingerprint density at radius 2 is 2.00 bits per heavy atom. The van der Waals surface area contributed by atoms with Gasteiger partial charge in [-0.1, -0.05) is 29.8 Å². The number of rotatable bonds is 4. The fraction of sp³-hybridized carbons (Fsp3) is 0.647. The van der Waals surface area contributed by atoms with Crippen LogP contribution < -0.4 is 5.73 Å². The van der Waals surface area contributed by atoms with Gasteiger partial charge in [0, 0.05) is 23.7 Å². The average Bonchev–Trinajstić information content (AvgIpc) is 3.02. The smallest absolute Gasteiger partial charge is 0.0453 e. The highest BCUT2D eigenvalue weighted by Crippen LogP contribution is 2.48. The molecule has 2 fully saturated rings. The van der Waals surface area contributed by atoms with Gasteiger partial charge in [-0.25, -0.2) is 0 Å². The summed E-state index contributed by atoms with van der Waals surface area (Å²) in [6, 6.07) is 8.91. The van der Waals surface area contributed by atoms with E-state index in [2.05, 4.69) is 31.0 Å². The molecule has 3 rings (SSSR count). The SMILES string of the molecule is CC(c1ccccc1Cl)N(C)CC1C2CCC(C2)C1N. The predicted octanol–water partition coefficient (Wildman–Crippen LogP) is 3.71. The number of nitrogens with two attached hydrogens (primary N) is 1. The molecule has 2 aliphatic rings. The van der Waals surface area contributed by atoms with Gasteiger partial charge in [0.25, 0.3) is 0 Å². The number of hydrogen-bond acceptors (Lipinski definition) is 2. The second kappa shape index (κ2) is 5.67. The van der Waals surface area contributed by atoms with Crippen LogP contribution in [0.2, 0.25) is 5.02 Å². The van der Waals surface area contributed by atoms with Crippen molar-refractivity contribution in [1.82, 2.24) is 4.90 Å².